The topological polar surface area (TPSA) is 29.3 Å². The summed E-state index contributed by atoms with van der Waals surface area (Å²) in [7, 11) is 0. The molecular formula is C15H23FN2. The lowest BCUT2D eigenvalue weighted by atomic mass is 9.97. The number of halogens is 1. The molecule has 18 heavy (non-hydrogen) atoms. The van der Waals surface area contributed by atoms with E-state index in [1.165, 1.54) is 24.8 Å². The van der Waals surface area contributed by atoms with E-state index < -0.39 is 0 Å². The molecule has 1 atom stereocenters. The quantitative estimate of drug-likeness (QED) is 0.870. The number of piperidine rings is 1. The standard InChI is InChI=1S/C15H23FN2/c16-14-8-6-13(7-9-14)15(5-4-10-17)18-11-2-1-3-12-18/h6-9,15H,1-5,10-12,17H2. The molecule has 0 amide bonds. The first-order valence-corrected chi connectivity index (χ1v) is 7.01. The van der Waals surface area contributed by atoms with Gasteiger partial charge in [0.2, 0.25) is 0 Å². The van der Waals surface area contributed by atoms with Crippen molar-refractivity contribution in [3.05, 3.63) is 35.6 Å². The highest BCUT2D eigenvalue weighted by molar-refractivity contribution is 5.20. The van der Waals surface area contributed by atoms with E-state index in [9.17, 15) is 4.39 Å². The molecule has 1 aliphatic heterocycles. The van der Waals surface area contributed by atoms with Gasteiger partial charge in [-0.3, -0.25) is 4.90 Å². The van der Waals surface area contributed by atoms with Gasteiger partial charge in [-0.15, -0.1) is 0 Å². The fourth-order valence-corrected chi connectivity index (χ4v) is 2.79. The van der Waals surface area contributed by atoms with Crippen LogP contribution >= 0.6 is 0 Å². The van der Waals surface area contributed by atoms with Crippen molar-refractivity contribution in [1.29, 1.82) is 0 Å². The van der Waals surface area contributed by atoms with Gasteiger partial charge in [0.1, 0.15) is 5.82 Å². The highest BCUT2D eigenvalue weighted by atomic mass is 19.1. The summed E-state index contributed by atoms with van der Waals surface area (Å²) < 4.78 is 13.0. The number of nitrogens with zero attached hydrogens (tertiary/aromatic N) is 1. The molecular weight excluding hydrogens is 227 g/mol. The van der Waals surface area contributed by atoms with E-state index in [1.807, 2.05) is 12.1 Å². The molecule has 1 aromatic rings. The second kappa shape index (κ2) is 6.86. The van der Waals surface area contributed by atoms with Crippen molar-refractivity contribution < 1.29 is 4.39 Å². The normalized spacial score (nSPS) is 18.8. The van der Waals surface area contributed by atoms with E-state index in [2.05, 4.69) is 4.90 Å². The van der Waals surface area contributed by atoms with E-state index in [1.54, 1.807) is 12.1 Å². The minimum Gasteiger partial charge on any atom is -0.330 e. The smallest absolute Gasteiger partial charge is 0.123 e. The maximum atomic E-state index is 13.0. The average Bonchev–Trinajstić information content (AvgIpc) is 2.42. The minimum atomic E-state index is -0.157. The first-order valence-electron chi connectivity index (χ1n) is 7.01. The lowest BCUT2D eigenvalue weighted by molar-refractivity contribution is 0.154. The molecule has 1 heterocycles. The molecule has 0 aromatic heterocycles. The van der Waals surface area contributed by atoms with Crippen LogP contribution in [0.25, 0.3) is 0 Å². The molecule has 2 nitrogen and oxygen atoms in total. The number of benzene rings is 1. The number of nitrogens with two attached hydrogens (primary N) is 1. The summed E-state index contributed by atoms with van der Waals surface area (Å²) in [6, 6.07) is 7.38. The first kappa shape index (κ1) is 13.5. The van der Waals surface area contributed by atoms with Gasteiger partial charge in [0.15, 0.2) is 0 Å². The summed E-state index contributed by atoms with van der Waals surface area (Å²) in [4.78, 5) is 2.53. The molecule has 100 valence electrons. The SMILES string of the molecule is NCCCC(c1ccc(F)cc1)N1CCCCC1. The summed E-state index contributed by atoms with van der Waals surface area (Å²) in [5.74, 6) is -0.157. The lowest BCUT2D eigenvalue weighted by Gasteiger charge is -2.35. The Morgan fingerprint density at radius 1 is 1.11 bits per heavy atom. The number of likely N-dealkylation sites (tertiary alicyclic amines) is 1. The zero-order valence-electron chi connectivity index (χ0n) is 10.9. The Balaban J connectivity index is 2.10. The molecule has 1 saturated heterocycles. The molecule has 0 spiro atoms. The van der Waals surface area contributed by atoms with E-state index in [4.69, 9.17) is 5.73 Å². The Hall–Kier alpha value is -0.930. The Morgan fingerprint density at radius 3 is 2.39 bits per heavy atom. The van der Waals surface area contributed by atoms with Crippen LogP contribution in [-0.4, -0.2) is 24.5 Å². The first-order chi connectivity index (χ1) is 8.81. The third kappa shape index (κ3) is 3.53. The molecule has 0 aliphatic carbocycles. The summed E-state index contributed by atoms with van der Waals surface area (Å²) in [5, 5.41) is 0. The second-order valence-electron chi connectivity index (χ2n) is 5.09. The number of hydrogen-bond acceptors (Lipinski definition) is 2. The van der Waals surface area contributed by atoms with Crippen molar-refractivity contribution in [3.63, 3.8) is 0 Å². The Labute approximate surface area is 109 Å². The van der Waals surface area contributed by atoms with Crippen LogP contribution in [0.5, 0.6) is 0 Å². The third-order valence-electron chi connectivity index (χ3n) is 3.77. The largest absolute Gasteiger partial charge is 0.330 e. The summed E-state index contributed by atoms with van der Waals surface area (Å²) in [6.07, 6.45) is 5.99. The molecule has 0 saturated carbocycles. The van der Waals surface area contributed by atoms with Gasteiger partial charge in [0.25, 0.3) is 0 Å². The van der Waals surface area contributed by atoms with E-state index in [0.717, 1.165) is 32.5 Å². The van der Waals surface area contributed by atoms with Crippen molar-refractivity contribution in [2.24, 2.45) is 5.73 Å². The third-order valence-corrected chi connectivity index (χ3v) is 3.77. The predicted molar refractivity (Wildman–Crippen MR) is 72.9 cm³/mol. The fraction of sp³-hybridized carbons (Fsp3) is 0.600. The minimum absolute atomic E-state index is 0.157. The second-order valence-corrected chi connectivity index (χ2v) is 5.09. The maximum Gasteiger partial charge on any atom is 0.123 e. The predicted octanol–water partition coefficient (Wildman–Crippen LogP) is 3.09. The van der Waals surface area contributed by atoms with Crippen molar-refractivity contribution >= 4 is 0 Å². The van der Waals surface area contributed by atoms with Gasteiger partial charge in [-0.2, -0.15) is 0 Å². The molecule has 1 aromatic carbocycles. The number of rotatable bonds is 5. The van der Waals surface area contributed by atoms with Crippen LogP contribution in [0.15, 0.2) is 24.3 Å². The number of hydrogen-bond donors (Lipinski definition) is 1. The van der Waals surface area contributed by atoms with Crippen LogP contribution in [0, 0.1) is 5.82 Å². The maximum absolute atomic E-state index is 13.0. The van der Waals surface area contributed by atoms with Crippen molar-refractivity contribution in [2.75, 3.05) is 19.6 Å². The molecule has 0 bridgehead atoms. The molecule has 1 fully saturated rings. The zero-order chi connectivity index (χ0) is 12.8. The Kier molecular flexibility index (Phi) is 5.14. The molecule has 1 unspecified atom stereocenters. The average molecular weight is 250 g/mol. The van der Waals surface area contributed by atoms with E-state index >= 15 is 0 Å². The van der Waals surface area contributed by atoms with Crippen molar-refractivity contribution in [2.45, 2.75) is 38.1 Å². The van der Waals surface area contributed by atoms with Gasteiger partial charge in [0, 0.05) is 6.04 Å². The van der Waals surface area contributed by atoms with Crippen LogP contribution in [0.4, 0.5) is 4.39 Å². The van der Waals surface area contributed by atoms with Gasteiger partial charge in [-0.25, -0.2) is 4.39 Å². The van der Waals surface area contributed by atoms with Gasteiger partial charge in [-0.1, -0.05) is 18.6 Å². The van der Waals surface area contributed by atoms with Gasteiger partial charge >= 0.3 is 0 Å². The monoisotopic (exact) mass is 250 g/mol. The van der Waals surface area contributed by atoms with Crippen molar-refractivity contribution in [1.82, 2.24) is 4.90 Å². The Morgan fingerprint density at radius 2 is 1.78 bits per heavy atom. The lowest BCUT2D eigenvalue weighted by Crippen LogP contribution is -2.34. The molecule has 1 aliphatic rings. The Bertz CT molecular complexity index is 344. The zero-order valence-corrected chi connectivity index (χ0v) is 10.9. The van der Waals surface area contributed by atoms with E-state index in [-0.39, 0.29) is 5.82 Å². The van der Waals surface area contributed by atoms with Crippen LogP contribution < -0.4 is 5.73 Å². The van der Waals surface area contributed by atoms with Crippen molar-refractivity contribution in [3.8, 4) is 0 Å². The van der Waals surface area contributed by atoms with Crippen LogP contribution in [-0.2, 0) is 0 Å². The fourth-order valence-electron chi connectivity index (χ4n) is 2.79. The highest BCUT2D eigenvalue weighted by Gasteiger charge is 2.21. The van der Waals surface area contributed by atoms with Gasteiger partial charge in [0.05, 0.1) is 0 Å². The summed E-state index contributed by atoms with van der Waals surface area (Å²) >= 11 is 0. The molecule has 0 radical (unpaired) electrons. The van der Waals surface area contributed by atoms with Crippen LogP contribution in [0.2, 0.25) is 0 Å². The molecule has 2 rings (SSSR count). The van der Waals surface area contributed by atoms with Crippen LogP contribution in [0.1, 0.15) is 43.7 Å². The van der Waals surface area contributed by atoms with Crippen LogP contribution in [0.3, 0.4) is 0 Å². The molecule has 3 heteroatoms. The summed E-state index contributed by atoms with van der Waals surface area (Å²) in [5.41, 5.74) is 6.86. The van der Waals surface area contributed by atoms with Gasteiger partial charge < -0.3 is 5.73 Å². The summed E-state index contributed by atoms with van der Waals surface area (Å²) in [6.45, 7) is 3.05. The van der Waals surface area contributed by atoms with E-state index in [0.29, 0.717) is 6.04 Å². The highest BCUT2D eigenvalue weighted by Crippen LogP contribution is 2.28. The molecule has 2 N–H and O–H groups in total. The van der Waals surface area contributed by atoms with Gasteiger partial charge in [-0.05, 0) is 63.0 Å².